The number of alkyl halides is 1. The van der Waals surface area contributed by atoms with Gasteiger partial charge in [-0.2, -0.15) is 0 Å². The summed E-state index contributed by atoms with van der Waals surface area (Å²) in [5.41, 5.74) is 6.27. The molecule has 0 fully saturated rings. The van der Waals surface area contributed by atoms with Gasteiger partial charge in [0.15, 0.2) is 0 Å². The molecule has 1 nitrogen and oxygen atoms in total. The van der Waals surface area contributed by atoms with Gasteiger partial charge in [-0.3, -0.25) is 0 Å². The molecule has 0 radical (unpaired) electrons. The minimum atomic E-state index is 0.0154. The summed E-state index contributed by atoms with van der Waals surface area (Å²) in [7, 11) is 0. The molecule has 0 saturated carbocycles. The van der Waals surface area contributed by atoms with Gasteiger partial charge in [-0.1, -0.05) is 36.4 Å². The van der Waals surface area contributed by atoms with Crippen LogP contribution in [-0.2, 0) is 6.54 Å². The maximum absolute atomic E-state index is 6.21. The van der Waals surface area contributed by atoms with Crippen molar-refractivity contribution in [2.24, 2.45) is 0 Å². The van der Waals surface area contributed by atoms with E-state index in [2.05, 4.69) is 49.5 Å². The number of hydrogen-bond acceptors (Lipinski definition) is 1. The third-order valence-electron chi connectivity index (χ3n) is 3.49. The highest BCUT2D eigenvalue weighted by Gasteiger charge is 2.08. The predicted molar refractivity (Wildman–Crippen MR) is 84.0 cm³/mol. The summed E-state index contributed by atoms with van der Waals surface area (Å²) in [6.07, 6.45) is 0. The van der Waals surface area contributed by atoms with Crippen molar-refractivity contribution in [2.45, 2.75) is 32.7 Å². The smallest absolute Gasteiger partial charge is 0.0577 e. The molecule has 1 unspecified atom stereocenters. The van der Waals surface area contributed by atoms with Gasteiger partial charge >= 0.3 is 0 Å². The minimum Gasteiger partial charge on any atom is -0.381 e. The van der Waals surface area contributed by atoms with Crippen LogP contribution >= 0.6 is 11.6 Å². The highest BCUT2D eigenvalue weighted by atomic mass is 35.5. The van der Waals surface area contributed by atoms with E-state index in [9.17, 15) is 0 Å². The molecule has 0 aromatic heterocycles. The van der Waals surface area contributed by atoms with Crippen LogP contribution in [0, 0.1) is 13.8 Å². The van der Waals surface area contributed by atoms with E-state index in [1.54, 1.807) is 0 Å². The molecule has 2 aromatic rings. The number of hydrogen-bond donors (Lipinski definition) is 1. The Labute approximate surface area is 120 Å². The molecule has 0 amide bonds. The average Bonchev–Trinajstić information content (AvgIpc) is 2.38. The summed E-state index contributed by atoms with van der Waals surface area (Å²) in [6, 6.07) is 14.6. The van der Waals surface area contributed by atoms with Gasteiger partial charge in [-0.15, -0.1) is 11.6 Å². The molecule has 0 aliphatic rings. The molecule has 1 N–H and O–H groups in total. The molecule has 0 aliphatic heterocycles. The largest absolute Gasteiger partial charge is 0.381 e. The van der Waals surface area contributed by atoms with Crippen LogP contribution in [0.25, 0.3) is 0 Å². The van der Waals surface area contributed by atoms with Crippen LogP contribution in [0.3, 0.4) is 0 Å². The summed E-state index contributed by atoms with van der Waals surface area (Å²) in [4.78, 5) is 0. The van der Waals surface area contributed by atoms with Crippen LogP contribution in [0.2, 0.25) is 0 Å². The maximum Gasteiger partial charge on any atom is 0.0577 e. The Morgan fingerprint density at radius 1 is 1.00 bits per heavy atom. The lowest BCUT2D eigenvalue weighted by atomic mass is 10.0. The minimum absolute atomic E-state index is 0.0154. The molecule has 0 spiro atoms. The highest BCUT2D eigenvalue weighted by molar-refractivity contribution is 6.21. The number of benzene rings is 2. The number of nitrogens with one attached hydrogen (secondary N) is 1. The number of para-hydroxylation sites is 1. The van der Waals surface area contributed by atoms with E-state index in [0.717, 1.165) is 17.8 Å². The summed E-state index contributed by atoms with van der Waals surface area (Å²) >= 11 is 6.21. The molecular weight excluding hydrogens is 254 g/mol. The fraction of sp³-hybridized carbons (Fsp3) is 0.294. The van der Waals surface area contributed by atoms with Crippen molar-refractivity contribution < 1.29 is 0 Å². The average molecular weight is 274 g/mol. The van der Waals surface area contributed by atoms with E-state index < -0.39 is 0 Å². The first-order chi connectivity index (χ1) is 9.09. The van der Waals surface area contributed by atoms with Gasteiger partial charge in [0.1, 0.15) is 0 Å². The van der Waals surface area contributed by atoms with Gasteiger partial charge in [-0.25, -0.2) is 0 Å². The zero-order valence-corrected chi connectivity index (χ0v) is 12.5. The third-order valence-corrected chi connectivity index (χ3v) is 3.72. The Bertz CT molecular complexity index is 541. The van der Waals surface area contributed by atoms with Gasteiger partial charge in [0.2, 0.25) is 0 Å². The first kappa shape index (κ1) is 14.0. The van der Waals surface area contributed by atoms with E-state index in [1.807, 2.05) is 19.1 Å². The fourth-order valence-corrected chi connectivity index (χ4v) is 2.51. The van der Waals surface area contributed by atoms with Gasteiger partial charge in [0.05, 0.1) is 5.38 Å². The van der Waals surface area contributed by atoms with E-state index in [1.165, 1.54) is 16.7 Å². The van der Waals surface area contributed by atoms with E-state index in [0.29, 0.717) is 0 Å². The van der Waals surface area contributed by atoms with Gasteiger partial charge < -0.3 is 5.32 Å². The van der Waals surface area contributed by atoms with Crippen molar-refractivity contribution >= 4 is 17.3 Å². The standard InChI is InChI=1S/C17H20ClN/c1-12-7-6-8-13(2)16(12)11-19-17-10-5-4-9-15(17)14(3)18/h4-10,14,19H,11H2,1-3H3. The molecule has 0 aliphatic carbocycles. The SMILES string of the molecule is Cc1cccc(C)c1CNc1ccccc1C(C)Cl. The highest BCUT2D eigenvalue weighted by Crippen LogP contribution is 2.27. The molecule has 0 heterocycles. The topological polar surface area (TPSA) is 12.0 Å². The summed E-state index contributed by atoms with van der Waals surface area (Å²) in [5, 5.41) is 3.52. The van der Waals surface area contributed by atoms with Crippen molar-refractivity contribution in [1.29, 1.82) is 0 Å². The first-order valence-corrected chi connectivity index (χ1v) is 7.05. The second kappa shape index (κ2) is 6.12. The predicted octanol–water partition coefficient (Wildman–Crippen LogP) is 5.22. The van der Waals surface area contributed by atoms with Crippen LogP contribution < -0.4 is 5.32 Å². The van der Waals surface area contributed by atoms with Gasteiger partial charge in [0, 0.05) is 12.2 Å². The molecule has 2 heteroatoms. The molecule has 100 valence electrons. The Morgan fingerprint density at radius 3 is 2.26 bits per heavy atom. The lowest BCUT2D eigenvalue weighted by molar-refractivity contribution is 1.04. The Morgan fingerprint density at radius 2 is 1.63 bits per heavy atom. The number of halogens is 1. The van der Waals surface area contributed by atoms with Crippen molar-refractivity contribution in [3.8, 4) is 0 Å². The molecule has 19 heavy (non-hydrogen) atoms. The summed E-state index contributed by atoms with van der Waals surface area (Å²) in [5.74, 6) is 0. The first-order valence-electron chi connectivity index (χ1n) is 6.61. The van der Waals surface area contributed by atoms with Crippen molar-refractivity contribution in [1.82, 2.24) is 0 Å². The summed E-state index contributed by atoms with van der Waals surface area (Å²) < 4.78 is 0. The van der Waals surface area contributed by atoms with Crippen LogP contribution in [0.1, 0.15) is 34.6 Å². The lowest BCUT2D eigenvalue weighted by Gasteiger charge is -2.16. The number of rotatable bonds is 4. The maximum atomic E-state index is 6.21. The normalized spacial score (nSPS) is 12.2. The zero-order chi connectivity index (χ0) is 13.8. The number of anilines is 1. The molecule has 2 aromatic carbocycles. The van der Waals surface area contributed by atoms with Crippen LogP contribution in [0.4, 0.5) is 5.69 Å². The molecule has 1 atom stereocenters. The Balaban J connectivity index is 2.19. The second-order valence-corrected chi connectivity index (χ2v) is 5.58. The van der Waals surface area contributed by atoms with E-state index in [4.69, 9.17) is 11.6 Å². The van der Waals surface area contributed by atoms with E-state index in [-0.39, 0.29) is 5.38 Å². The molecule has 0 bridgehead atoms. The second-order valence-electron chi connectivity index (χ2n) is 4.93. The van der Waals surface area contributed by atoms with Crippen LogP contribution in [-0.4, -0.2) is 0 Å². The van der Waals surface area contributed by atoms with Crippen LogP contribution in [0.5, 0.6) is 0 Å². The molecule has 2 rings (SSSR count). The van der Waals surface area contributed by atoms with Crippen molar-refractivity contribution in [3.63, 3.8) is 0 Å². The summed E-state index contributed by atoms with van der Waals surface area (Å²) in [6.45, 7) is 7.14. The quantitative estimate of drug-likeness (QED) is 0.754. The number of aryl methyl sites for hydroxylation is 2. The fourth-order valence-electron chi connectivity index (χ4n) is 2.32. The van der Waals surface area contributed by atoms with Crippen LogP contribution in [0.15, 0.2) is 42.5 Å². The Kier molecular flexibility index (Phi) is 4.49. The lowest BCUT2D eigenvalue weighted by Crippen LogP contribution is -2.05. The van der Waals surface area contributed by atoms with Crippen molar-refractivity contribution in [3.05, 3.63) is 64.7 Å². The monoisotopic (exact) mass is 273 g/mol. The van der Waals surface area contributed by atoms with Gasteiger partial charge in [0.25, 0.3) is 0 Å². The Hall–Kier alpha value is -1.47. The molecule has 0 saturated heterocycles. The van der Waals surface area contributed by atoms with Crippen molar-refractivity contribution in [2.75, 3.05) is 5.32 Å². The van der Waals surface area contributed by atoms with Gasteiger partial charge in [-0.05, 0) is 49.1 Å². The molecular formula is C17H20ClN. The van der Waals surface area contributed by atoms with E-state index >= 15 is 0 Å². The zero-order valence-electron chi connectivity index (χ0n) is 11.7. The third kappa shape index (κ3) is 3.30.